The minimum Gasteiger partial charge on any atom is -0.325 e. The molecule has 1 aromatic heterocycles. The molecular formula is C25H22Cl2N4OS. The Morgan fingerprint density at radius 2 is 1.67 bits per heavy atom. The van der Waals surface area contributed by atoms with Crippen LogP contribution in [-0.2, 0) is 4.79 Å². The molecule has 0 aliphatic carbocycles. The van der Waals surface area contributed by atoms with Gasteiger partial charge in [0.15, 0.2) is 11.0 Å². The number of aromatic nitrogens is 3. The van der Waals surface area contributed by atoms with E-state index in [0.29, 0.717) is 26.6 Å². The molecule has 0 bridgehead atoms. The van der Waals surface area contributed by atoms with Gasteiger partial charge >= 0.3 is 0 Å². The Balaban J connectivity index is 1.64. The Bertz CT molecular complexity index is 1320. The van der Waals surface area contributed by atoms with E-state index in [4.69, 9.17) is 23.2 Å². The SMILES string of the molecule is Cc1ccc(-n2c(SCC(=O)Nc3cc(C)ccc3C)nnc2-c2ccc(Cl)cc2Cl)cc1. The van der Waals surface area contributed by atoms with Crippen molar-refractivity contribution in [2.24, 2.45) is 0 Å². The molecule has 1 N–H and O–H groups in total. The van der Waals surface area contributed by atoms with E-state index in [0.717, 1.165) is 28.1 Å². The first-order valence-electron chi connectivity index (χ1n) is 10.3. The van der Waals surface area contributed by atoms with E-state index in [1.807, 2.05) is 73.9 Å². The van der Waals surface area contributed by atoms with Gasteiger partial charge < -0.3 is 5.32 Å². The largest absolute Gasteiger partial charge is 0.325 e. The fraction of sp³-hybridized carbons (Fsp3) is 0.160. The Morgan fingerprint density at radius 3 is 2.39 bits per heavy atom. The van der Waals surface area contributed by atoms with Crippen LogP contribution in [0, 0.1) is 20.8 Å². The molecule has 0 aliphatic heterocycles. The number of nitrogens with one attached hydrogen (secondary N) is 1. The van der Waals surface area contributed by atoms with Crippen LogP contribution in [0.3, 0.4) is 0 Å². The molecule has 0 spiro atoms. The van der Waals surface area contributed by atoms with Crippen LogP contribution in [0.15, 0.2) is 65.8 Å². The molecule has 0 saturated carbocycles. The molecule has 1 amide bonds. The van der Waals surface area contributed by atoms with Crippen molar-refractivity contribution in [3.05, 3.63) is 87.4 Å². The highest BCUT2D eigenvalue weighted by Gasteiger charge is 2.19. The summed E-state index contributed by atoms with van der Waals surface area (Å²) in [4.78, 5) is 12.7. The van der Waals surface area contributed by atoms with Crippen molar-refractivity contribution < 1.29 is 4.79 Å². The Morgan fingerprint density at radius 1 is 0.939 bits per heavy atom. The lowest BCUT2D eigenvalue weighted by Gasteiger charge is -2.12. The molecule has 0 unspecified atom stereocenters. The number of halogens is 2. The standard InChI is InChI=1S/C25H22Cl2N4OS/c1-15-5-9-19(10-6-15)31-24(20-11-8-18(26)13-21(20)27)29-30-25(31)33-14-23(32)28-22-12-16(2)4-7-17(22)3/h4-13H,14H2,1-3H3,(H,28,32). The van der Waals surface area contributed by atoms with Gasteiger partial charge in [-0.2, -0.15) is 0 Å². The van der Waals surface area contributed by atoms with Crippen LogP contribution in [0.5, 0.6) is 0 Å². The maximum Gasteiger partial charge on any atom is 0.234 e. The van der Waals surface area contributed by atoms with Crippen LogP contribution < -0.4 is 5.32 Å². The maximum atomic E-state index is 12.7. The fourth-order valence-electron chi connectivity index (χ4n) is 3.32. The third-order valence-electron chi connectivity index (χ3n) is 5.10. The van der Waals surface area contributed by atoms with Crippen LogP contribution in [0.4, 0.5) is 5.69 Å². The maximum absolute atomic E-state index is 12.7. The van der Waals surface area contributed by atoms with E-state index >= 15 is 0 Å². The van der Waals surface area contributed by atoms with Crippen LogP contribution in [0.1, 0.15) is 16.7 Å². The summed E-state index contributed by atoms with van der Waals surface area (Å²) in [6, 6.07) is 19.3. The third-order valence-corrected chi connectivity index (χ3v) is 6.57. The quantitative estimate of drug-likeness (QED) is 0.295. The molecule has 3 aromatic carbocycles. The van der Waals surface area contributed by atoms with Crippen molar-refractivity contribution in [1.82, 2.24) is 14.8 Å². The second-order valence-electron chi connectivity index (χ2n) is 7.76. The summed E-state index contributed by atoms with van der Waals surface area (Å²) in [6.45, 7) is 6.00. The molecule has 5 nitrogen and oxygen atoms in total. The smallest absolute Gasteiger partial charge is 0.234 e. The van der Waals surface area contributed by atoms with Gasteiger partial charge in [0.2, 0.25) is 5.91 Å². The molecule has 1 heterocycles. The zero-order valence-corrected chi connectivity index (χ0v) is 20.7. The number of thioether (sulfide) groups is 1. The molecule has 33 heavy (non-hydrogen) atoms. The second kappa shape index (κ2) is 10.00. The second-order valence-corrected chi connectivity index (χ2v) is 9.54. The van der Waals surface area contributed by atoms with E-state index in [2.05, 4.69) is 15.5 Å². The number of rotatable bonds is 6. The first-order valence-corrected chi connectivity index (χ1v) is 12.0. The fourth-order valence-corrected chi connectivity index (χ4v) is 4.57. The van der Waals surface area contributed by atoms with Gasteiger partial charge in [0.25, 0.3) is 0 Å². The molecule has 0 fully saturated rings. The minimum absolute atomic E-state index is 0.113. The van der Waals surface area contributed by atoms with E-state index in [-0.39, 0.29) is 11.7 Å². The van der Waals surface area contributed by atoms with E-state index in [1.165, 1.54) is 11.8 Å². The molecule has 4 aromatic rings. The van der Waals surface area contributed by atoms with Crippen molar-refractivity contribution in [1.29, 1.82) is 0 Å². The third kappa shape index (κ3) is 5.41. The first-order chi connectivity index (χ1) is 15.8. The van der Waals surface area contributed by atoms with Crippen molar-refractivity contribution in [3.8, 4) is 17.1 Å². The molecule has 0 saturated heterocycles. The van der Waals surface area contributed by atoms with Crippen LogP contribution in [0.25, 0.3) is 17.1 Å². The van der Waals surface area contributed by atoms with Crippen LogP contribution in [-0.4, -0.2) is 26.4 Å². The normalized spacial score (nSPS) is 10.9. The van der Waals surface area contributed by atoms with Crippen molar-refractivity contribution >= 4 is 46.6 Å². The Labute approximate surface area is 207 Å². The molecule has 168 valence electrons. The number of anilines is 1. The number of amides is 1. The van der Waals surface area contributed by atoms with Crippen molar-refractivity contribution in [2.45, 2.75) is 25.9 Å². The molecular weight excluding hydrogens is 475 g/mol. The molecule has 8 heteroatoms. The highest BCUT2D eigenvalue weighted by Crippen LogP contribution is 2.33. The average molecular weight is 497 g/mol. The minimum atomic E-state index is -0.113. The van der Waals surface area contributed by atoms with E-state index in [1.54, 1.807) is 12.1 Å². The number of aryl methyl sites for hydroxylation is 3. The number of benzene rings is 3. The Hall–Kier alpha value is -2.80. The molecule has 4 rings (SSSR count). The van der Waals surface area contributed by atoms with Gasteiger partial charge in [-0.05, 0) is 68.3 Å². The zero-order chi connectivity index (χ0) is 23.5. The monoisotopic (exact) mass is 496 g/mol. The van der Waals surface area contributed by atoms with Gasteiger partial charge in [-0.1, -0.05) is 64.8 Å². The summed E-state index contributed by atoms with van der Waals surface area (Å²) in [7, 11) is 0. The van der Waals surface area contributed by atoms with Gasteiger partial charge in [-0.15, -0.1) is 10.2 Å². The highest BCUT2D eigenvalue weighted by atomic mass is 35.5. The van der Waals surface area contributed by atoms with Gasteiger partial charge in [0.1, 0.15) is 0 Å². The number of carbonyl (C=O) groups is 1. The summed E-state index contributed by atoms with van der Waals surface area (Å²) in [5.74, 6) is 0.655. The predicted molar refractivity (Wildman–Crippen MR) is 137 cm³/mol. The average Bonchev–Trinajstić information content (AvgIpc) is 3.19. The summed E-state index contributed by atoms with van der Waals surface area (Å²) in [5.41, 5.74) is 5.65. The van der Waals surface area contributed by atoms with Gasteiger partial charge in [0, 0.05) is 22.0 Å². The summed E-state index contributed by atoms with van der Waals surface area (Å²) in [5, 5.41) is 13.4. The van der Waals surface area contributed by atoms with Gasteiger partial charge in [-0.25, -0.2) is 0 Å². The first kappa shape index (κ1) is 23.4. The lowest BCUT2D eigenvalue weighted by atomic mass is 10.1. The van der Waals surface area contributed by atoms with Gasteiger partial charge in [0.05, 0.1) is 10.8 Å². The highest BCUT2D eigenvalue weighted by molar-refractivity contribution is 7.99. The Kier molecular flexibility index (Phi) is 7.08. The lowest BCUT2D eigenvalue weighted by Crippen LogP contribution is -2.15. The van der Waals surface area contributed by atoms with Crippen LogP contribution in [0.2, 0.25) is 10.0 Å². The number of nitrogens with zero attached hydrogens (tertiary/aromatic N) is 3. The lowest BCUT2D eigenvalue weighted by molar-refractivity contribution is -0.113. The molecule has 0 radical (unpaired) electrons. The van der Waals surface area contributed by atoms with Gasteiger partial charge in [-0.3, -0.25) is 9.36 Å². The molecule has 0 atom stereocenters. The summed E-state index contributed by atoms with van der Waals surface area (Å²) < 4.78 is 1.91. The van der Waals surface area contributed by atoms with Crippen molar-refractivity contribution in [2.75, 3.05) is 11.1 Å². The zero-order valence-electron chi connectivity index (χ0n) is 18.4. The molecule has 0 aliphatic rings. The number of hydrogen-bond donors (Lipinski definition) is 1. The van der Waals surface area contributed by atoms with Crippen molar-refractivity contribution in [3.63, 3.8) is 0 Å². The summed E-state index contributed by atoms with van der Waals surface area (Å²) in [6.07, 6.45) is 0. The summed E-state index contributed by atoms with van der Waals surface area (Å²) >= 11 is 13.9. The van der Waals surface area contributed by atoms with Crippen LogP contribution >= 0.6 is 35.0 Å². The van der Waals surface area contributed by atoms with E-state index < -0.39 is 0 Å². The number of carbonyl (C=O) groups excluding carboxylic acids is 1. The topological polar surface area (TPSA) is 59.8 Å². The van der Waals surface area contributed by atoms with E-state index in [9.17, 15) is 4.79 Å². The number of hydrogen-bond acceptors (Lipinski definition) is 4. The predicted octanol–water partition coefficient (Wildman–Crippen LogP) is 6.90.